The van der Waals surface area contributed by atoms with Crippen molar-refractivity contribution in [2.75, 3.05) is 11.4 Å². The third-order valence-electron chi connectivity index (χ3n) is 4.24. The summed E-state index contributed by atoms with van der Waals surface area (Å²) in [4.78, 5) is 2.49. The highest BCUT2D eigenvalue weighted by atomic mass is 79.9. The van der Waals surface area contributed by atoms with Gasteiger partial charge < -0.3 is 4.90 Å². The van der Waals surface area contributed by atoms with Crippen molar-refractivity contribution in [1.29, 1.82) is 0 Å². The Morgan fingerprint density at radius 2 is 2.10 bits per heavy atom. The van der Waals surface area contributed by atoms with Gasteiger partial charge >= 0.3 is 0 Å². The van der Waals surface area contributed by atoms with Crippen LogP contribution in [0.4, 0.5) is 5.69 Å². The predicted octanol–water partition coefficient (Wildman–Crippen LogP) is 4.24. The lowest BCUT2D eigenvalue weighted by molar-refractivity contribution is 0.594. The fraction of sp³-hybridized carbons (Fsp3) is 0.471. The van der Waals surface area contributed by atoms with Crippen molar-refractivity contribution >= 4 is 21.6 Å². The van der Waals surface area contributed by atoms with Crippen LogP contribution in [0, 0.1) is 13.8 Å². The van der Waals surface area contributed by atoms with Crippen LogP contribution < -0.4 is 4.90 Å². The molecule has 0 unspecified atom stereocenters. The van der Waals surface area contributed by atoms with Crippen LogP contribution in [0.5, 0.6) is 0 Å². The standard InChI is InChI=1S/C17H22BrN3/c1-4-21-16(17(18)13(3)19-21)11-20-9-5-6-14-10-12(2)7-8-15(14)20/h7-8,10H,4-6,9,11H2,1-3H3. The Kier molecular flexibility index (Phi) is 4.07. The number of rotatable bonds is 3. The Morgan fingerprint density at radius 1 is 1.29 bits per heavy atom. The van der Waals surface area contributed by atoms with Crippen LogP contribution in [0.2, 0.25) is 0 Å². The maximum Gasteiger partial charge on any atom is 0.0739 e. The highest BCUT2D eigenvalue weighted by Gasteiger charge is 2.20. The molecule has 3 nitrogen and oxygen atoms in total. The molecule has 1 aliphatic rings. The molecular formula is C17H22BrN3. The zero-order valence-corrected chi connectivity index (χ0v) is 14.6. The Morgan fingerprint density at radius 3 is 2.86 bits per heavy atom. The topological polar surface area (TPSA) is 21.1 Å². The van der Waals surface area contributed by atoms with Gasteiger partial charge in [0.25, 0.3) is 0 Å². The number of anilines is 1. The summed E-state index contributed by atoms with van der Waals surface area (Å²) in [7, 11) is 0. The first-order valence-corrected chi connectivity index (χ1v) is 8.45. The van der Waals surface area contributed by atoms with Gasteiger partial charge in [0.1, 0.15) is 0 Å². The Hall–Kier alpha value is -1.29. The fourth-order valence-corrected chi connectivity index (χ4v) is 3.58. The number of aryl methyl sites for hydroxylation is 4. The summed E-state index contributed by atoms with van der Waals surface area (Å²) in [6.45, 7) is 9.34. The summed E-state index contributed by atoms with van der Waals surface area (Å²) in [5, 5.41) is 4.61. The quantitative estimate of drug-likeness (QED) is 0.828. The van der Waals surface area contributed by atoms with Gasteiger partial charge in [-0.15, -0.1) is 0 Å². The van der Waals surface area contributed by atoms with Crippen LogP contribution in [0.15, 0.2) is 22.7 Å². The van der Waals surface area contributed by atoms with Gasteiger partial charge in [-0.2, -0.15) is 5.10 Å². The van der Waals surface area contributed by atoms with Gasteiger partial charge in [-0.3, -0.25) is 4.68 Å². The van der Waals surface area contributed by atoms with E-state index in [-0.39, 0.29) is 0 Å². The highest BCUT2D eigenvalue weighted by molar-refractivity contribution is 9.10. The van der Waals surface area contributed by atoms with Gasteiger partial charge in [0.05, 0.1) is 22.4 Å². The van der Waals surface area contributed by atoms with Crippen LogP contribution in [0.25, 0.3) is 0 Å². The van der Waals surface area contributed by atoms with Crippen LogP contribution >= 0.6 is 15.9 Å². The average molecular weight is 348 g/mol. The Bertz CT molecular complexity index is 660. The molecule has 0 fully saturated rings. The molecule has 0 N–H and O–H groups in total. The van der Waals surface area contributed by atoms with E-state index in [0.717, 1.165) is 29.8 Å². The van der Waals surface area contributed by atoms with Gasteiger partial charge in [0.2, 0.25) is 0 Å². The van der Waals surface area contributed by atoms with Gasteiger partial charge in [0, 0.05) is 18.8 Å². The average Bonchev–Trinajstić information content (AvgIpc) is 2.75. The second-order valence-corrected chi connectivity index (χ2v) is 6.61. The predicted molar refractivity (Wildman–Crippen MR) is 90.9 cm³/mol. The summed E-state index contributed by atoms with van der Waals surface area (Å²) in [6, 6.07) is 6.82. The van der Waals surface area contributed by atoms with Crippen molar-refractivity contribution in [1.82, 2.24) is 9.78 Å². The van der Waals surface area contributed by atoms with Gasteiger partial charge in [-0.05, 0) is 61.2 Å². The zero-order chi connectivity index (χ0) is 15.0. The second kappa shape index (κ2) is 5.84. The maximum absolute atomic E-state index is 4.61. The highest BCUT2D eigenvalue weighted by Crippen LogP contribution is 2.31. The molecule has 0 radical (unpaired) electrons. The zero-order valence-electron chi connectivity index (χ0n) is 13.0. The molecule has 1 aromatic heterocycles. The number of fused-ring (bicyclic) bond motifs is 1. The van der Waals surface area contributed by atoms with Gasteiger partial charge in [0.15, 0.2) is 0 Å². The van der Waals surface area contributed by atoms with E-state index in [1.807, 2.05) is 0 Å². The van der Waals surface area contributed by atoms with Crippen molar-refractivity contribution in [3.8, 4) is 0 Å². The summed E-state index contributed by atoms with van der Waals surface area (Å²) >= 11 is 3.71. The number of halogens is 1. The molecule has 2 heterocycles. The lowest BCUT2D eigenvalue weighted by atomic mass is 9.99. The molecule has 0 amide bonds. The molecule has 21 heavy (non-hydrogen) atoms. The van der Waals surface area contributed by atoms with Crippen LogP contribution in [-0.4, -0.2) is 16.3 Å². The Balaban J connectivity index is 1.94. The molecule has 4 heteroatoms. The van der Waals surface area contributed by atoms with E-state index >= 15 is 0 Å². The number of hydrogen-bond donors (Lipinski definition) is 0. The van der Waals surface area contributed by atoms with Gasteiger partial charge in [-0.1, -0.05) is 17.7 Å². The van der Waals surface area contributed by atoms with Crippen molar-refractivity contribution in [3.63, 3.8) is 0 Å². The minimum atomic E-state index is 0.913. The smallest absolute Gasteiger partial charge is 0.0739 e. The molecule has 0 atom stereocenters. The third-order valence-corrected chi connectivity index (χ3v) is 5.27. The van der Waals surface area contributed by atoms with Crippen molar-refractivity contribution in [2.24, 2.45) is 0 Å². The summed E-state index contributed by atoms with van der Waals surface area (Å²) in [5.74, 6) is 0. The number of nitrogens with zero attached hydrogens (tertiary/aromatic N) is 3. The monoisotopic (exact) mass is 347 g/mol. The van der Waals surface area contributed by atoms with Crippen molar-refractivity contribution < 1.29 is 0 Å². The van der Waals surface area contributed by atoms with E-state index in [1.165, 1.54) is 35.3 Å². The molecular weight excluding hydrogens is 326 g/mol. The van der Waals surface area contributed by atoms with E-state index in [9.17, 15) is 0 Å². The van der Waals surface area contributed by atoms with E-state index in [0.29, 0.717) is 0 Å². The normalized spacial score (nSPS) is 14.4. The van der Waals surface area contributed by atoms with E-state index in [1.54, 1.807) is 0 Å². The van der Waals surface area contributed by atoms with Crippen molar-refractivity contribution in [3.05, 3.63) is 45.2 Å². The Labute approximate surface area is 135 Å². The molecule has 0 saturated heterocycles. The molecule has 0 aliphatic carbocycles. The van der Waals surface area contributed by atoms with Crippen molar-refractivity contribution in [2.45, 2.75) is 46.7 Å². The molecule has 0 bridgehead atoms. The largest absolute Gasteiger partial charge is 0.365 e. The molecule has 1 aliphatic heterocycles. The third kappa shape index (κ3) is 2.73. The van der Waals surface area contributed by atoms with Crippen LogP contribution in [-0.2, 0) is 19.5 Å². The summed E-state index contributed by atoms with van der Waals surface area (Å²) in [6.07, 6.45) is 2.42. The number of aromatic nitrogens is 2. The first-order chi connectivity index (χ1) is 10.1. The summed E-state index contributed by atoms with van der Waals surface area (Å²) < 4.78 is 3.27. The van der Waals surface area contributed by atoms with Crippen LogP contribution in [0.1, 0.15) is 35.9 Å². The molecule has 0 spiro atoms. The molecule has 3 rings (SSSR count). The van der Waals surface area contributed by atoms with Crippen LogP contribution in [0.3, 0.4) is 0 Å². The first kappa shape index (κ1) is 14.6. The van der Waals surface area contributed by atoms with E-state index in [2.05, 4.69) is 69.6 Å². The van der Waals surface area contributed by atoms with E-state index < -0.39 is 0 Å². The minimum absolute atomic E-state index is 0.913. The maximum atomic E-state index is 4.61. The van der Waals surface area contributed by atoms with E-state index in [4.69, 9.17) is 0 Å². The summed E-state index contributed by atoms with van der Waals surface area (Å²) in [5.41, 5.74) is 6.58. The fourth-order valence-electron chi connectivity index (χ4n) is 3.17. The minimum Gasteiger partial charge on any atom is -0.365 e. The molecule has 2 aromatic rings. The molecule has 0 saturated carbocycles. The molecule has 112 valence electrons. The molecule has 1 aromatic carbocycles. The lowest BCUT2D eigenvalue weighted by Crippen LogP contribution is -2.30. The van der Waals surface area contributed by atoms with Gasteiger partial charge in [-0.25, -0.2) is 0 Å². The first-order valence-electron chi connectivity index (χ1n) is 7.66. The second-order valence-electron chi connectivity index (χ2n) is 5.82. The number of hydrogen-bond acceptors (Lipinski definition) is 2. The SMILES string of the molecule is CCn1nc(C)c(Br)c1CN1CCCc2cc(C)ccc21. The number of benzene rings is 1. The lowest BCUT2D eigenvalue weighted by Gasteiger charge is -2.31.